The summed E-state index contributed by atoms with van der Waals surface area (Å²) in [5.41, 5.74) is -0.267. The predicted octanol–water partition coefficient (Wildman–Crippen LogP) is 0.431. The summed E-state index contributed by atoms with van der Waals surface area (Å²) < 4.78 is 3.57. The molecule has 2 N–H and O–H groups in total. The molecule has 0 unspecified atom stereocenters. The Bertz CT molecular complexity index is 1110. The third-order valence-corrected chi connectivity index (χ3v) is 4.07. The molecule has 0 saturated heterocycles. The summed E-state index contributed by atoms with van der Waals surface area (Å²) in [7, 11) is 2.86. The average Bonchev–Trinajstić information content (AvgIpc) is 2.98. The van der Waals surface area contributed by atoms with Gasteiger partial charge in [-0.25, -0.2) is 9.78 Å². The summed E-state index contributed by atoms with van der Waals surface area (Å²) >= 11 is 5.80. The van der Waals surface area contributed by atoms with Gasteiger partial charge in [0.1, 0.15) is 12.3 Å². The van der Waals surface area contributed by atoms with Crippen molar-refractivity contribution in [2.45, 2.75) is 6.54 Å². The van der Waals surface area contributed by atoms with Gasteiger partial charge in [0, 0.05) is 19.8 Å². The van der Waals surface area contributed by atoms with E-state index in [0.29, 0.717) is 5.69 Å². The van der Waals surface area contributed by atoms with Crippen LogP contribution in [0.15, 0.2) is 34.1 Å². The number of nitrogens with zero attached hydrogens (tertiary/aromatic N) is 4. The molecule has 0 aliphatic carbocycles. The Hall–Kier alpha value is -3.07. The second kappa shape index (κ2) is 6.10. The third-order valence-electron chi connectivity index (χ3n) is 3.76. The number of aryl methyl sites for hydroxylation is 1. The summed E-state index contributed by atoms with van der Waals surface area (Å²) in [6.45, 7) is -0.178. The molecule has 0 bridgehead atoms. The highest BCUT2D eigenvalue weighted by atomic mass is 35.5. The van der Waals surface area contributed by atoms with Crippen LogP contribution < -0.4 is 16.6 Å². The van der Waals surface area contributed by atoms with Gasteiger partial charge >= 0.3 is 5.69 Å². The number of nitrogens with one attached hydrogen (secondary N) is 1. The number of anilines is 1. The molecule has 9 nitrogen and oxygen atoms in total. The molecule has 0 spiro atoms. The SMILES string of the molecule is Cn1c(=O)c2c(ncn2CC(=O)Nc2ccc(O)c(Cl)c2)n(C)c1=O. The lowest BCUT2D eigenvalue weighted by molar-refractivity contribution is -0.116. The Morgan fingerprint density at radius 2 is 2.00 bits per heavy atom. The average molecular weight is 364 g/mol. The molecule has 10 heteroatoms. The van der Waals surface area contributed by atoms with Crippen molar-refractivity contribution in [3.8, 4) is 5.75 Å². The fraction of sp³-hybridized carbons (Fsp3) is 0.200. The fourth-order valence-corrected chi connectivity index (χ4v) is 2.64. The van der Waals surface area contributed by atoms with Crippen molar-refractivity contribution in [1.29, 1.82) is 0 Å². The topological polar surface area (TPSA) is 111 Å². The monoisotopic (exact) mass is 363 g/mol. The van der Waals surface area contributed by atoms with E-state index in [0.717, 1.165) is 4.57 Å². The number of fused-ring (bicyclic) bond motifs is 1. The molecule has 3 rings (SSSR count). The van der Waals surface area contributed by atoms with E-state index in [2.05, 4.69) is 10.3 Å². The van der Waals surface area contributed by atoms with E-state index in [9.17, 15) is 19.5 Å². The zero-order chi connectivity index (χ0) is 18.3. The molecule has 1 amide bonds. The van der Waals surface area contributed by atoms with Crippen molar-refractivity contribution >= 4 is 34.4 Å². The molecule has 0 atom stereocenters. The van der Waals surface area contributed by atoms with Crippen molar-refractivity contribution in [1.82, 2.24) is 18.7 Å². The molecule has 2 aromatic heterocycles. The highest BCUT2D eigenvalue weighted by Crippen LogP contribution is 2.26. The Morgan fingerprint density at radius 3 is 2.68 bits per heavy atom. The summed E-state index contributed by atoms with van der Waals surface area (Å²) in [5.74, 6) is -0.512. The van der Waals surface area contributed by atoms with Crippen molar-refractivity contribution in [3.63, 3.8) is 0 Å². The molecule has 0 fully saturated rings. The van der Waals surface area contributed by atoms with E-state index < -0.39 is 17.2 Å². The maximum Gasteiger partial charge on any atom is 0.332 e. The van der Waals surface area contributed by atoms with Crippen molar-refractivity contribution in [2.24, 2.45) is 14.1 Å². The van der Waals surface area contributed by atoms with E-state index in [1.54, 1.807) is 0 Å². The smallest absolute Gasteiger partial charge is 0.332 e. The van der Waals surface area contributed by atoms with Gasteiger partial charge in [0.2, 0.25) is 5.91 Å². The van der Waals surface area contributed by atoms with Crippen LogP contribution in [0.2, 0.25) is 5.02 Å². The number of halogens is 1. The number of hydrogen-bond acceptors (Lipinski definition) is 5. The summed E-state index contributed by atoms with van der Waals surface area (Å²) in [6, 6.07) is 4.26. The molecular formula is C15H14ClN5O4. The highest BCUT2D eigenvalue weighted by molar-refractivity contribution is 6.32. The lowest BCUT2D eigenvalue weighted by Gasteiger charge is -2.08. The minimum absolute atomic E-state index is 0.0929. The number of aromatic hydroxyl groups is 1. The van der Waals surface area contributed by atoms with Crippen LogP contribution in [-0.4, -0.2) is 29.7 Å². The van der Waals surface area contributed by atoms with E-state index in [1.807, 2.05) is 0 Å². The lowest BCUT2D eigenvalue weighted by atomic mass is 10.3. The van der Waals surface area contributed by atoms with E-state index in [-0.39, 0.29) is 28.5 Å². The molecule has 0 aliphatic heterocycles. The summed E-state index contributed by atoms with van der Waals surface area (Å²) in [4.78, 5) is 40.5. The number of aromatic nitrogens is 4. The molecule has 130 valence electrons. The number of amides is 1. The Balaban J connectivity index is 1.93. The van der Waals surface area contributed by atoms with Gasteiger partial charge in [-0.05, 0) is 18.2 Å². The number of carbonyl (C=O) groups excluding carboxylic acids is 1. The molecule has 0 aliphatic rings. The second-order valence-corrected chi connectivity index (χ2v) is 5.87. The van der Waals surface area contributed by atoms with Crippen LogP contribution in [0, 0.1) is 0 Å². The van der Waals surface area contributed by atoms with Crippen LogP contribution in [0.1, 0.15) is 0 Å². The Labute approximate surface area is 145 Å². The summed E-state index contributed by atoms with van der Waals surface area (Å²) in [6.07, 6.45) is 1.33. The van der Waals surface area contributed by atoms with Crippen LogP contribution in [0.25, 0.3) is 11.2 Å². The van der Waals surface area contributed by atoms with Gasteiger partial charge in [0.15, 0.2) is 11.2 Å². The first-order valence-electron chi connectivity index (χ1n) is 7.19. The maximum absolute atomic E-state index is 12.3. The summed E-state index contributed by atoms with van der Waals surface area (Å²) in [5, 5.41) is 12.1. The molecule has 25 heavy (non-hydrogen) atoms. The second-order valence-electron chi connectivity index (χ2n) is 5.46. The lowest BCUT2D eigenvalue weighted by Crippen LogP contribution is -2.37. The predicted molar refractivity (Wildman–Crippen MR) is 92.0 cm³/mol. The van der Waals surface area contributed by atoms with Crippen molar-refractivity contribution in [3.05, 3.63) is 50.4 Å². The third kappa shape index (κ3) is 2.89. The van der Waals surface area contributed by atoms with E-state index >= 15 is 0 Å². The fourth-order valence-electron chi connectivity index (χ4n) is 2.46. The first-order valence-corrected chi connectivity index (χ1v) is 7.56. The van der Waals surface area contributed by atoms with Gasteiger partial charge in [-0.15, -0.1) is 0 Å². The van der Waals surface area contributed by atoms with Gasteiger partial charge in [0.25, 0.3) is 5.56 Å². The molecule has 3 aromatic rings. The van der Waals surface area contributed by atoms with Crippen molar-refractivity contribution < 1.29 is 9.90 Å². The first kappa shape index (κ1) is 16.8. The first-order chi connectivity index (χ1) is 11.8. The minimum Gasteiger partial charge on any atom is -0.506 e. The largest absolute Gasteiger partial charge is 0.506 e. The number of carbonyl (C=O) groups is 1. The Morgan fingerprint density at radius 1 is 1.28 bits per heavy atom. The normalized spacial score (nSPS) is 11.0. The zero-order valence-corrected chi connectivity index (χ0v) is 14.1. The van der Waals surface area contributed by atoms with Crippen LogP contribution in [0.3, 0.4) is 0 Å². The van der Waals surface area contributed by atoms with Gasteiger partial charge in [0.05, 0.1) is 11.3 Å². The number of benzene rings is 1. The molecular weight excluding hydrogens is 350 g/mol. The van der Waals surface area contributed by atoms with Gasteiger partial charge < -0.3 is 15.0 Å². The number of phenolic OH excluding ortho intramolecular Hbond substituents is 1. The molecule has 0 radical (unpaired) electrons. The van der Waals surface area contributed by atoms with Crippen LogP contribution in [0.5, 0.6) is 5.75 Å². The van der Waals surface area contributed by atoms with Gasteiger partial charge in [-0.2, -0.15) is 0 Å². The van der Waals surface area contributed by atoms with Crippen LogP contribution >= 0.6 is 11.6 Å². The zero-order valence-electron chi connectivity index (χ0n) is 13.4. The van der Waals surface area contributed by atoms with Gasteiger partial charge in [-0.1, -0.05) is 11.6 Å². The standard InChI is InChI=1S/C15H14ClN5O4/c1-19-13-12(14(24)20(2)15(19)25)21(7-17-13)6-11(23)18-8-3-4-10(22)9(16)5-8/h3-5,7,22H,6H2,1-2H3,(H,18,23). The van der Waals surface area contributed by atoms with Crippen LogP contribution in [0.4, 0.5) is 5.69 Å². The quantitative estimate of drug-likeness (QED) is 0.655. The molecule has 1 aromatic carbocycles. The number of hydrogen-bond donors (Lipinski definition) is 2. The number of rotatable bonds is 3. The highest BCUT2D eigenvalue weighted by Gasteiger charge is 2.16. The van der Waals surface area contributed by atoms with Crippen LogP contribution in [-0.2, 0) is 25.4 Å². The maximum atomic E-state index is 12.3. The van der Waals surface area contributed by atoms with Crippen molar-refractivity contribution in [2.75, 3.05) is 5.32 Å². The number of imidazole rings is 1. The Kier molecular flexibility index (Phi) is 4.09. The van der Waals surface area contributed by atoms with E-state index in [4.69, 9.17) is 11.6 Å². The minimum atomic E-state index is -0.531. The van der Waals surface area contributed by atoms with Gasteiger partial charge in [-0.3, -0.25) is 18.7 Å². The number of phenols is 1. The van der Waals surface area contributed by atoms with E-state index in [1.165, 1.54) is 47.8 Å². The molecule has 2 heterocycles. The molecule has 0 saturated carbocycles.